The highest BCUT2D eigenvalue weighted by atomic mass is 15.2. The number of nitrogens with one attached hydrogen (secondary N) is 1. The number of aromatic nitrogens is 2. The van der Waals surface area contributed by atoms with Crippen LogP contribution in [0.25, 0.3) is 0 Å². The molecular weight excluding hydrogens is 296 g/mol. The maximum Gasteiger partial charge on any atom is 0.106 e. The van der Waals surface area contributed by atoms with Crippen molar-refractivity contribution in [1.82, 2.24) is 19.8 Å². The number of nitrogens with zero attached hydrogens (tertiary/aromatic N) is 3. The molecule has 1 N–H and O–H groups in total. The van der Waals surface area contributed by atoms with Crippen LogP contribution in [0.3, 0.4) is 0 Å². The molecule has 4 heteroatoms. The van der Waals surface area contributed by atoms with Gasteiger partial charge in [-0.15, -0.1) is 0 Å². The molecule has 0 bridgehead atoms. The van der Waals surface area contributed by atoms with Gasteiger partial charge in [0.25, 0.3) is 0 Å². The Hall–Kier alpha value is -0.870. The summed E-state index contributed by atoms with van der Waals surface area (Å²) in [6.45, 7) is 9.38. The van der Waals surface area contributed by atoms with Crippen molar-refractivity contribution in [2.45, 2.75) is 71.4 Å². The van der Waals surface area contributed by atoms with Gasteiger partial charge in [-0.05, 0) is 52.1 Å². The quantitative estimate of drug-likeness (QED) is 0.827. The van der Waals surface area contributed by atoms with Crippen molar-refractivity contribution in [2.24, 2.45) is 11.8 Å². The predicted octanol–water partition coefficient (Wildman–Crippen LogP) is 3.69. The topological polar surface area (TPSA) is 35.2 Å². The standard InChI is InChI=1S/C20H36N4/c1-16(2)24-10-6-9-18(14-24)13-23(3)15-19-12-21-20(22-19)11-17-7-4-5-8-17/h12,16-18H,4-11,13-15H2,1-3H3,(H,21,22)/t18-/m0/s1. The van der Waals surface area contributed by atoms with Gasteiger partial charge in [0.1, 0.15) is 5.82 Å². The lowest BCUT2D eigenvalue weighted by molar-refractivity contribution is 0.115. The van der Waals surface area contributed by atoms with Gasteiger partial charge >= 0.3 is 0 Å². The lowest BCUT2D eigenvalue weighted by atomic mass is 9.96. The summed E-state index contributed by atoms with van der Waals surface area (Å²) in [5.74, 6) is 2.88. The fraction of sp³-hybridized carbons (Fsp3) is 0.850. The molecule has 0 aromatic carbocycles. The normalized spacial score (nSPS) is 23.6. The molecule has 0 radical (unpaired) electrons. The van der Waals surface area contributed by atoms with Crippen LogP contribution in [0, 0.1) is 11.8 Å². The lowest BCUT2D eigenvalue weighted by Crippen LogP contribution is -2.43. The highest BCUT2D eigenvalue weighted by molar-refractivity contribution is 5.02. The van der Waals surface area contributed by atoms with Gasteiger partial charge in [-0.2, -0.15) is 0 Å². The van der Waals surface area contributed by atoms with E-state index in [1.165, 1.54) is 69.7 Å². The summed E-state index contributed by atoms with van der Waals surface area (Å²) in [5.41, 5.74) is 1.28. The van der Waals surface area contributed by atoms with E-state index in [-0.39, 0.29) is 0 Å². The van der Waals surface area contributed by atoms with Crippen LogP contribution >= 0.6 is 0 Å². The highest BCUT2D eigenvalue weighted by Crippen LogP contribution is 2.27. The lowest BCUT2D eigenvalue weighted by Gasteiger charge is -2.37. The van der Waals surface area contributed by atoms with E-state index < -0.39 is 0 Å². The summed E-state index contributed by atoms with van der Waals surface area (Å²) in [6, 6.07) is 0.684. The average Bonchev–Trinajstić information content (AvgIpc) is 3.20. The molecule has 0 amide bonds. The monoisotopic (exact) mass is 332 g/mol. The Bertz CT molecular complexity index is 490. The van der Waals surface area contributed by atoms with Crippen molar-refractivity contribution in [3.8, 4) is 0 Å². The minimum atomic E-state index is 0.684. The SMILES string of the molecule is CC(C)N1CCC[C@@H](CN(C)Cc2cnc(CC3CCCC3)[nH]2)C1. The van der Waals surface area contributed by atoms with E-state index in [0.717, 1.165) is 24.8 Å². The molecule has 2 fully saturated rings. The van der Waals surface area contributed by atoms with Crippen molar-refractivity contribution in [3.63, 3.8) is 0 Å². The van der Waals surface area contributed by atoms with E-state index >= 15 is 0 Å². The zero-order chi connectivity index (χ0) is 16.9. The molecule has 2 heterocycles. The molecule has 2 aliphatic rings. The first-order valence-corrected chi connectivity index (χ1v) is 10.1. The number of rotatable bonds is 7. The van der Waals surface area contributed by atoms with Crippen molar-refractivity contribution in [2.75, 3.05) is 26.7 Å². The molecule has 136 valence electrons. The van der Waals surface area contributed by atoms with E-state index in [1.54, 1.807) is 0 Å². The largest absolute Gasteiger partial charge is 0.345 e. The smallest absolute Gasteiger partial charge is 0.106 e. The molecule has 24 heavy (non-hydrogen) atoms. The fourth-order valence-electron chi connectivity index (χ4n) is 4.59. The molecule has 0 spiro atoms. The molecule has 1 atom stereocenters. The zero-order valence-electron chi connectivity index (χ0n) is 15.9. The second kappa shape index (κ2) is 8.48. The number of hydrogen-bond donors (Lipinski definition) is 1. The predicted molar refractivity (Wildman–Crippen MR) is 100 cm³/mol. The van der Waals surface area contributed by atoms with Crippen LogP contribution < -0.4 is 0 Å². The van der Waals surface area contributed by atoms with Crippen molar-refractivity contribution >= 4 is 0 Å². The molecule has 1 saturated carbocycles. The number of H-pyrrole nitrogens is 1. The summed E-state index contributed by atoms with van der Waals surface area (Å²) in [6.07, 6.45) is 11.5. The van der Waals surface area contributed by atoms with E-state index in [4.69, 9.17) is 0 Å². The first-order chi connectivity index (χ1) is 11.6. The molecule has 3 rings (SSSR count). The van der Waals surface area contributed by atoms with Crippen molar-refractivity contribution in [1.29, 1.82) is 0 Å². The van der Waals surface area contributed by atoms with E-state index in [0.29, 0.717) is 6.04 Å². The Morgan fingerprint density at radius 3 is 2.71 bits per heavy atom. The van der Waals surface area contributed by atoms with E-state index in [1.807, 2.05) is 0 Å². The third-order valence-corrected chi connectivity index (χ3v) is 5.93. The van der Waals surface area contributed by atoms with Crippen molar-refractivity contribution < 1.29 is 0 Å². The number of piperidine rings is 1. The van der Waals surface area contributed by atoms with Crippen LogP contribution in [0.2, 0.25) is 0 Å². The van der Waals surface area contributed by atoms with Gasteiger partial charge in [0.05, 0.1) is 0 Å². The maximum atomic E-state index is 4.62. The molecule has 1 saturated heterocycles. The molecule has 0 unspecified atom stereocenters. The minimum Gasteiger partial charge on any atom is -0.345 e. The zero-order valence-corrected chi connectivity index (χ0v) is 15.9. The van der Waals surface area contributed by atoms with Crippen LogP contribution in [0.5, 0.6) is 0 Å². The maximum absolute atomic E-state index is 4.62. The Morgan fingerprint density at radius 1 is 1.21 bits per heavy atom. The molecule has 1 aliphatic heterocycles. The summed E-state index contributed by atoms with van der Waals surface area (Å²) >= 11 is 0. The first-order valence-electron chi connectivity index (χ1n) is 10.1. The van der Waals surface area contributed by atoms with Crippen LogP contribution in [-0.2, 0) is 13.0 Å². The van der Waals surface area contributed by atoms with Crippen LogP contribution in [0.1, 0.15) is 63.9 Å². The summed E-state index contributed by atoms with van der Waals surface area (Å²) in [4.78, 5) is 13.3. The number of likely N-dealkylation sites (tertiary alicyclic amines) is 1. The molecule has 1 aromatic heterocycles. The van der Waals surface area contributed by atoms with E-state index in [2.05, 4.69) is 46.9 Å². The van der Waals surface area contributed by atoms with Gasteiger partial charge in [0, 0.05) is 44.0 Å². The van der Waals surface area contributed by atoms with Crippen LogP contribution in [0.4, 0.5) is 0 Å². The van der Waals surface area contributed by atoms with Gasteiger partial charge < -0.3 is 14.8 Å². The van der Waals surface area contributed by atoms with E-state index in [9.17, 15) is 0 Å². The van der Waals surface area contributed by atoms with Gasteiger partial charge in [-0.25, -0.2) is 4.98 Å². The van der Waals surface area contributed by atoms with Gasteiger partial charge in [0.15, 0.2) is 0 Å². The van der Waals surface area contributed by atoms with Crippen LogP contribution in [0.15, 0.2) is 6.20 Å². The molecular formula is C20H36N4. The Kier molecular flexibility index (Phi) is 6.34. The Balaban J connectivity index is 1.44. The fourth-order valence-corrected chi connectivity index (χ4v) is 4.59. The highest BCUT2D eigenvalue weighted by Gasteiger charge is 2.23. The molecule has 1 aromatic rings. The van der Waals surface area contributed by atoms with Gasteiger partial charge in [-0.3, -0.25) is 0 Å². The molecule has 4 nitrogen and oxygen atoms in total. The Morgan fingerprint density at radius 2 is 1.96 bits per heavy atom. The second-order valence-corrected chi connectivity index (χ2v) is 8.50. The van der Waals surface area contributed by atoms with Gasteiger partial charge in [0.2, 0.25) is 0 Å². The third kappa shape index (κ3) is 5.06. The minimum absolute atomic E-state index is 0.684. The number of hydrogen-bond acceptors (Lipinski definition) is 3. The molecule has 1 aliphatic carbocycles. The Labute approximate surface area is 148 Å². The van der Waals surface area contributed by atoms with Crippen LogP contribution in [-0.4, -0.2) is 52.5 Å². The summed E-state index contributed by atoms with van der Waals surface area (Å²) < 4.78 is 0. The first kappa shape index (κ1) is 17.9. The number of imidazole rings is 1. The summed E-state index contributed by atoms with van der Waals surface area (Å²) in [5, 5.41) is 0. The second-order valence-electron chi connectivity index (χ2n) is 8.50. The average molecular weight is 333 g/mol. The summed E-state index contributed by atoms with van der Waals surface area (Å²) in [7, 11) is 2.26. The number of aromatic amines is 1. The van der Waals surface area contributed by atoms with Crippen molar-refractivity contribution in [3.05, 3.63) is 17.7 Å². The van der Waals surface area contributed by atoms with Gasteiger partial charge in [-0.1, -0.05) is 25.7 Å². The third-order valence-electron chi connectivity index (χ3n) is 5.93.